The van der Waals surface area contributed by atoms with Crippen molar-refractivity contribution in [2.45, 2.75) is 20.0 Å². The molecule has 78 valence electrons. The molecule has 0 atom stereocenters. The second-order valence-corrected chi connectivity index (χ2v) is 3.75. The van der Waals surface area contributed by atoms with Crippen molar-refractivity contribution in [3.05, 3.63) is 48.8 Å². The zero-order valence-corrected chi connectivity index (χ0v) is 9.05. The van der Waals surface area contributed by atoms with E-state index in [0.717, 1.165) is 11.4 Å². The van der Waals surface area contributed by atoms with Crippen molar-refractivity contribution >= 4 is 0 Å². The highest BCUT2D eigenvalue weighted by atomic mass is 16.5. The van der Waals surface area contributed by atoms with E-state index in [2.05, 4.69) is 16.7 Å². The summed E-state index contributed by atoms with van der Waals surface area (Å²) in [5.74, 6) is 0.918. The molecule has 15 heavy (non-hydrogen) atoms. The normalized spacial score (nSPS) is 10.6. The minimum Gasteiger partial charge on any atom is -0.491 e. The molecular weight excluding hydrogens is 186 g/mol. The van der Waals surface area contributed by atoms with Crippen molar-refractivity contribution in [3.63, 3.8) is 0 Å². The highest BCUT2D eigenvalue weighted by Gasteiger charge is 1.98. The van der Waals surface area contributed by atoms with E-state index in [1.165, 1.54) is 0 Å². The molecule has 0 saturated heterocycles. The third-order valence-electron chi connectivity index (χ3n) is 2.11. The zero-order valence-electron chi connectivity index (χ0n) is 9.05. The number of aromatic nitrogens is 1. The van der Waals surface area contributed by atoms with Crippen molar-refractivity contribution in [2.75, 3.05) is 0 Å². The van der Waals surface area contributed by atoms with E-state index >= 15 is 0 Å². The summed E-state index contributed by atoms with van der Waals surface area (Å²) in [4.78, 5) is 0. The summed E-state index contributed by atoms with van der Waals surface area (Å²) < 4.78 is 7.65. The van der Waals surface area contributed by atoms with E-state index < -0.39 is 0 Å². The molecule has 0 aliphatic heterocycles. The number of nitrogens with zero attached hydrogens (tertiary/aromatic N) is 1. The molecule has 1 aromatic carbocycles. The standard InChI is InChI=1S/C13H15NO/c1-11(2)15-13-7-5-12(6-8-13)14-9-3-4-10-14/h3-11H,1-2H3. The van der Waals surface area contributed by atoms with Gasteiger partial charge in [0.05, 0.1) is 6.10 Å². The smallest absolute Gasteiger partial charge is 0.119 e. The van der Waals surface area contributed by atoms with E-state index in [1.54, 1.807) is 0 Å². The Morgan fingerprint density at radius 1 is 1.00 bits per heavy atom. The molecule has 2 rings (SSSR count). The van der Waals surface area contributed by atoms with Crippen molar-refractivity contribution in [1.82, 2.24) is 4.57 Å². The lowest BCUT2D eigenvalue weighted by molar-refractivity contribution is 0.242. The van der Waals surface area contributed by atoms with Gasteiger partial charge in [0, 0.05) is 18.1 Å². The van der Waals surface area contributed by atoms with Crippen LogP contribution in [0.15, 0.2) is 48.8 Å². The van der Waals surface area contributed by atoms with E-state index in [4.69, 9.17) is 4.74 Å². The summed E-state index contributed by atoms with van der Waals surface area (Å²) in [5.41, 5.74) is 1.15. The third kappa shape index (κ3) is 2.40. The lowest BCUT2D eigenvalue weighted by Gasteiger charge is -2.10. The Kier molecular flexibility index (Phi) is 2.77. The first kappa shape index (κ1) is 9.84. The molecular formula is C13H15NO. The van der Waals surface area contributed by atoms with Gasteiger partial charge >= 0.3 is 0 Å². The van der Waals surface area contributed by atoms with Gasteiger partial charge < -0.3 is 9.30 Å². The maximum Gasteiger partial charge on any atom is 0.119 e. The van der Waals surface area contributed by atoms with Crippen molar-refractivity contribution < 1.29 is 4.74 Å². The minimum atomic E-state index is 0.224. The minimum absolute atomic E-state index is 0.224. The Bertz CT molecular complexity index is 401. The van der Waals surface area contributed by atoms with Crippen LogP contribution in [0.1, 0.15) is 13.8 Å². The highest BCUT2D eigenvalue weighted by Crippen LogP contribution is 2.16. The van der Waals surface area contributed by atoms with Gasteiger partial charge in [-0.1, -0.05) is 0 Å². The van der Waals surface area contributed by atoms with Crippen LogP contribution in [0.4, 0.5) is 0 Å². The number of rotatable bonds is 3. The van der Waals surface area contributed by atoms with E-state index in [-0.39, 0.29) is 6.10 Å². The summed E-state index contributed by atoms with van der Waals surface area (Å²) in [6, 6.07) is 12.1. The average molecular weight is 201 g/mol. The maximum atomic E-state index is 5.58. The molecule has 0 amide bonds. The monoisotopic (exact) mass is 201 g/mol. The van der Waals surface area contributed by atoms with E-state index in [0.29, 0.717) is 0 Å². The molecule has 0 N–H and O–H groups in total. The number of benzene rings is 1. The molecule has 0 unspecified atom stereocenters. The lowest BCUT2D eigenvalue weighted by Crippen LogP contribution is -2.05. The number of hydrogen-bond acceptors (Lipinski definition) is 1. The molecule has 1 heterocycles. The second kappa shape index (κ2) is 4.22. The van der Waals surface area contributed by atoms with Crippen molar-refractivity contribution in [3.8, 4) is 11.4 Å². The molecule has 2 aromatic rings. The molecule has 0 saturated carbocycles. The first-order valence-electron chi connectivity index (χ1n) is 5.16. The predicted molar refractivity (Wildman–Crippen MR) is 61.5 cm³/mol. The van der Waals surface area contributed by atoms with Gasteiger partial charge in [-0.2, -0.15) is 0 Å². The summed E-state index contributed by atoms with van der Waals surface area (Å²) >= 11 is 0. The fourth-order valence-electron chi connectivity index (χ4n) is 1.48. The van der Waals surface area contributed by atoms with Gasteiger partial charge in [0.25, 0.3) is 0 Å². The topological polar surface area (TPSA) is 14.2 Å². The van der Waals surface area contributed by atoms with Crippen LogP contribution in [0.2, 0.25) is 0 Å². The fourth-order valence-corrected chi connectivity index (χ4v) is 1.48. The van der Waals surface area contributed by atoms with Gasteiger partial charge in [-0.15, -0.1) is 0 Å². The SMILES string of the molecule is CC(C)Oc1ccc(-n2cccc2)cc1. The average Bonchev–Trinajstić information content (AvgIpc) is 2.71. The first-order chi connectivity index (χ1) is 7.25. The third-order valence-corrected chi connectivity index (χ3v) is 2.11. The lowest BCUT2D eigenvalue weighted by atomic mass is 10.3. The van der Waals surface area contributed by atoms with Crippen LogP contribution in [-0.4, -0.2) is 10.7 Å². The largest absolute Gasteiger partial charge is 0.491 e. The van der Waals surface area contributed by atoms with E-state index in [1.807, 2.05) is 50.5 Å². The molecule has 1 aromatic heterocycles. The van der Waals surface area contributed by atoms with Crippen LogP contribution in [0.5, 0.6) is 5.75 Å². The molecule has 0 aliphatic carbocycles. The van der Waals surface area contributed by atoms with Gasteiger partial charge in [0.15, 0.2) is 0 Å². The fraction of sp³-hybridized carbons (Fsp3) is 0.231. The predicted octanol–water partition coefficient (Wildman–Crippen LogP) is 3.26. The number of ether oxygens (including phenoxy) is 1. The van der Waals surface area contributed by atoms with Crippen LogP contribution >= 0.6 is 0 Å². The van der Waals surface area contributed by atoms with E-state index in [9.17, 15) is 0 Å². The van der Waals surface area contributed by atoms with Crippen LogP contribution in [0, 0.1) is 0 Å². The van der Waals surface area contributed by atoms with Crippen LogP contribution in [-0.2, 0) is 0 Å². The van der Waals surface area contributed by atoms with Crippen LogP contribution < -0.4 is 4.74 Å². The highest BCUT2D eigenvalue weighted by molar-refractivity contribution is 5.37. The van der Waals surface area contributed by atoms with Gasteiger partial charge in [0.2, 0.25) is 0 Å². The Balaban J connectivity index is 2.17. The van der Waals surface area contributed by atoms with Crippen LogP contribution in [0.25, 0.3) is 5.69 Å². The molecule has 0 fully saturated rings. The molecule has 0 bridgehead atoms. The molecule has 0 spiro atoms. The van der Waals surface area contributed by atoms with Gasteiger partial charge in [0.1, 0.15) is 5.75 Å². The molecule has 2 nitrogen and oxygen atoms in total. The van der Waals surface area contributed by atoms with Gasteiger partial charge in [-0.3, -0.25) is 0 Å². The summed E-state index contributed by atoms with van der Waals surface area (Å²) in [5, 5.41) is 0. The maximum absolute atomic E-state index is 5.58. The summed E-state index contributed by atoms with van der Waals surface area (Å²) in [6.07, 6.45) is 4.28. The Morgan fingerprint density at radius 2 is 1.60 bits per heavy atom. The Labute approximate surface area is 90.1 Å². The molecule has 0 aliphatic rings. The zero-order chi connectivity index (χ0) is 10.7. The Morgan fingerprint density at radius 3 is 2.13 bits per heavy atom. The van der Waals surface area contributed by atoms with Crippen molar-refractivity contribution in [1.29, 1.82) is 0 Å². The van der Waals surface area contributed by atoms with Crippen molar-refractivity contribution in [2.24, 2.45) is 0 Å². The molecule has 2 heteroatoms. The van der Waals surface area contributed by atoms with Gasteiger partial charge in [-0.05, 0) is 50.2 Å². The first-order valence-corrected chi connectivity index (χ1v) is 5.16. The van der Waals surface area contributed by atoms with Gasteiger partial charge in [-0.25, -0.2) is 0 Å². The summed E-state index contributed by atoms with van der Waals surface area (Å²) in [7, 11) is 0. The van der Waals surface area contributed by atoms with Crippen LogP contribution in [0.3, 0.4) is 0 Å². The molecule has 0 radical (unpaired) electrons. The Hall–Kier alpha value is -1.70. The number of hydrogen-bond donors (Lipinski definition) is 0. The summed E-state index contributed by atoms with van der Waals surface area (Å²) in [6.45, 7) is 4.06. The second-order valence-electron chi connectivity index (χ2n) is 3.75. The quantitative estimate of drug-likeness (QED) is 0.743.